The molecule has 20 heavy (non-hydrogen) atoms. The summed E-state index contributed by atoms with van der Waals surface area (Å²) in [5, 5.41) is 14.3. The third-order valence-electron chi connectivity index (χ3n) is 4.31. The molecule has 0 radical (unpaired) electrons. The smallest absolute Gasteiger partial charge is 0.269 e. The maximum absolute atomic E-state index is 10.6. The Labute approximate surface area is 119 Å². The van der Waals surface area contributed by atoms with Crippen LogP contribution < -0.4 is 10.2 Å². The average molecular weight is 275 g/mol. The van der Waals surface area contributed by atoms with Gasteiger partial charge in [-0.1, -0.05) is 0 Å². The standard InChI is InChI=1S/C15H21N3O2/c19-18(20)15-5-3-14(4-6-15)17-9-7-13(8-10-17)16-11-12-1-2-12/h3-6,12-13,16H,1-2,7-11H2. The molecule has 5 nitrogen and oxygen atoms in total. The van der Waals surface area contributed by atoms with Crippen LogP contribution in [0.25, 0.3) is 0 Å². The maximum Gasteiger partial charge on any atom is 0.269 e. The summed E-state index contributed by atoms with van der Waals surface area (Å²) in [6.07, 6.45) is 5.11. The first-order valence-electron chi connectivity index (χ1n) is 7.45. The van der Waals surface area contributed by atoms with Gasteiger partial charge in [0.2, 0.25) is 0 Å². The van der Waals surface area contributed by atoms with Gasteiger partial charge in [-0.2, -0.15) is 0 Å². The fourth-order valence-electron chi connectivity index (χ4n) is 2.78. The van der Waals surface area contributed by atoms with E-state index in [4.69, 9.17) is 0 Å². The molecule has 5 heteroatoms. The molecule has 0 atom stereocenters. The number of piperidine rings is 1. The zero-order valence-corrected chi connectivity index (χ0v) is 11.6. The number of benzene rings is 1. The van der Waals surface area contributed by atoms with Gasteiger partial charge in [0, 0.05) is 37.0 Å². The van der Waals surface area contributed by atoms with E-state index >= 15 is 0 Å². The van der Waals surface area contributed by atoms with Crippen molar-refractivity contribution in [1.82, 2.24) is 5.32 Å². The second-order valence-corrected chi connectivity index (χ2v) is 5.89. The zero-order chi connectivity index (χ0) is 13.9. The van der Waals surface area contributed by atoms with E-state index in [0.29, 0.717) is 6.04 Å². The molecule has 1 aromatic rings. The van der Waals surface area contributed by atoms with E-state index in [1.165, 1.54) is 19.4 Å². The summed E-state index contributed by atoms with van der Waals surface area (Å²) in [6.45, 7) is 3.24. The monoisotopic (exact) mass is 275 g/mol. The Balaban J connectivity index is 1.50. The van der Waals surface area contributed by atoms with Gasteiger partial charge in [0.1, 0.15) is 0 Å². The second kappa shape index (κ2) is 5.79. The van der Waals surface area contributed by atoms with Crippen LogP contribution >= 0.6 is 0 Å². The summed E-state index contributed by atoms with van der Waals surface area (Å²) < 4.78 is 0. The summed E-state index contributed by atoms with van der Waals surface area (Å²) in [5.41, 5.74) is 1.26. The Morgan fingerprint density at radius 2 is 1.80 bits per heavy atom. The highest BCUT2D eigenvalue weighted by molar-refractivity contribution is 5.51. The molecule has 1 aromatic carbocycles. The van der Waals surface area contributed by atoms with Gasteiger partial charge in [-0.15, -0.1) is 0 Å². The number of nitro groups is 1. The van der Waals surface area contributed by atoms with E-state index in [9.17, 15) is 10.1 Å². The molecule has 0 spiro atoms. The molecule has 2 aliphatic rings. The third kappa shape index (κ3) is 3.28. The lowest BCUT2D eigenvalue weighted by Gasteiger charge is -2.34. The van der Waals surface area contributed by atoms with Crippen LogP contribution in [0, 0.1) is 16.0 Å². The molecular formula is C15H21N3O2. The van der Waals surface area contributed by atoms with Crippen molar-refractivity contribution in [3.63, 3.8) is 0 Å². The van der Waals surface area contributed by atoms with Gasteiger partial charge in [0.05, 0.1) is 4.92 Å². The number of non-ortho nitro benzene ring substituents is 1. The third-order valence-corrected chi connectivity index (χ3v) is 4.31. The number of nitro benzene ring substituents is 1. The highest BCUT2D eigenvalue weighted by Crippen LogP contribution is 2.28. The van der Waals surface area contributed by atoms with E-state index in [1.807, 2.05) is 12.1 Å². The predicted molar refractivity (Wildman–Crippen MR) is 79.1 cm³/mol. The summed E-state index contributed by atoms with van der Waals surface area (Å²) >= 11 is 0. The van der Waals surface area contributed by atoms with E-state index in [1.54, 1.807) is 12.1 Å². The first kappa shape index (κ1) is 13.4. The quantitative estimate of drug-likeness (QED) is 0.663. The Morgan fingerprint density at radius 1 is 1.15 bits per heavy atom. The van der Waals surface area contributed by atoms with Crippen LogP contribution in [0.5, 0.6) is 0 Å². The zero-order valence-electron chi connectivity index (χ0n) is 11.6. The molecule has 0 unspecified atom stereocenters. The van der Waals surface area contributed by atoms with Gasteiger partial charge in [-0.25, -0.2) is 0 Å². The molecule has 108 valence electrons. The fraction of sp³-hybridized carbons (Fsp3) is 0.600. The molecule has 1 heterocycles. The van der Waals surface area contributed by atoms with Crippen molar-refractivity contribution in [2.75, 3.05) is 24.5 Å². The highest BCUT2D eigenvalue weighted by atomic mass is 16.6. The first-order valence-corrected chi connectivity index (χ1v) is 7.45. The Bertz CT molecular complexity index is 463. The second-order valence-electron chi connectivity index (χ2n) is 5.89. The lowest BCUT2D eigenvalue weighted by atomic mass is 10.0. The van der Waals surface area contributed by atoms with Crippen molar-refractivity contribution in [2.45, 2.75) is 31.7 Å². The maximum atomic E-state index is 10.6. The average Bonchev–Trinajstić information content (AvgIpc) is 3.30. The van der Waals surface area contributed by atoms with Gasteiger partial charge in [0.25, 0.3) is 5.69 Å². The summed E-state index contributed by atoms with van der Waals surface area (Å²) in [4.78, 5) is 12.6. The van der Waals surface area contributed by atoms with Crippen LogP contribution in [0.4, 0.5) is 11.4 Å². The largest absolute Gasteiger partial charge is 0.371 e. The van der Waals surface area contributed by atoms with Gasteiger partial charge >= 0.3 is 0 Å². The van der Waals surface area contributed by atoms with Crippen molar-refractivity contribution in [3.05, 3.63) is 34.4 Å². The molecular weight excluding hydrogens is 254 g/mol. The van der Waals surface area contributed by atoms with Crippen molar-refractivity contribution in [3.8, 4) is 0 Å². The lowest BCUT2D eigenvalue weighted by Crippen LogP contribution is -2.43. The number of hydrogen-bond donors (Lipinski definition) is 1. The Hall–Kier alpha value is -1.62. The van der Waals surface area contributed by atoms with E-state index < -0.39 is 0 Å². The number of nitrogens with one attached hydrogen (secondary N) is 1. The number of hydrogen-bond acceptors (Lipinski definition) is 4. The summed E-state index contributed by atoms with van der Waals surface area (Å²) in [6, 6.07) is 7.54. The highest BCUT2D eigenvalue weighted by Gasteiger charge is 2.24. The molecule has 0 aromatic heterocycles. The molecule has 2 fully saturated rings. The minimum atomic E-state index is -0.349. The van der Waals surface area contributed by atoms with Gasteiger partial charge in [-0.05, 0) is 50.3 Å². The van der Waals surface area contributed by atoms with Crippen molar-refractivity contribution in [2.24, 2.45) is 5.92 Å². The minimum Gasteiger partial charge on any atom is -0.371 e. The molecule has 3 rings (SSSR count). The van der Waals surface area contributed by atoms with Crippen LogP contribution in [-0.4, -0.2) is 30.6 Å². The number of anilines is 1. The summed E-state index contributed by atoms with van der Waals surface area (Å²) in [5.74, 6) is 0.933. The van der Waals surface area contributed by atoms with E-state index in [2.05, 4.69) is 10.2 Å². The molecule has 1 saturated carbocycles. The lowest BCUT2D eigenvalue weighted by molar-refractivity contribution is -0.384. The number of rotatable bonds is 5. The van der Waals surface area contributed by atoms with Crippen LogP contribution in [0.2, 0.25) is 0 Å². The normalized spacial score (nSPS) is 20.1. The molecule has 0 bridgehead atoms. The topological polar surface area (TPSA) is 58.4 Å². The molecule has 1 N–H and O–H groups in total. The van der Waals surface area contributed by atoms with Crippen LogP contribution in [0.1, 0.15) is 25.7 Å². The molecule has 1 aliphatic carbocycles. The SMILES string of the molecule is O=[N+]([O-])c1ccc(N2CCC(NCC3CC3)CC2)cc1. The van der Waals surface area contributed by atoms with Crippen molar-refractivity contribution < 1.29 is 4.92 Å². The van der Waals surface area contributed by atoms with Crippen LogP contribution in [-0.2, 0) is 0 Å². The minimum absolute atomic E-state index is 0.162. The van der Waals surface area contributed by atoms with Crippen LogP contribution in [0.3, 0.4) is 0 Å². The molecule has 1 aliphatic heterocycles. The van der Waals surface area contributed by atoms with Crippen molar-refractivity contribution >= 4 is 11.4 Å². The van der Waals surface area contributed by atoms with E-state index in [0.717, 1.165) is 37.5 Å². The van der Waals surface area contributed by atoms with Gasteiger partial charge in [0.15, 0.2) is 0 Å². The Kier molecular flexibility index (Phi) is 3.87. The predicted octanol–water partition coefficient (Wildman–Crippen LogP) is 2.56. The molecule has 1 saturated heterocycles. The van der Waals surface area contributed by atoms with Gasteiger partial charge in [-0.3, -0.25) is 10.1 Å². The summed E-state index contributed by atoms with van der Waals surface area (Å²) in [7, 11) is 0. The van der Waals surface area contributed by atoms with E-state index in [-0.39, 0.29) is 10.6 Å². The van der Waals surface area contributed by atoms with Crippen LogP contribution in [0.15, 0.2) is 24.3 Å². The number of nitrogens with zero attached hydrogens (tertiary/aromatic N) is 2. The Morgan fingerprint density at radius 3 is 2.35 bits per heavy atom. The van der Waals surface area contributed by atoms with Crippen molar-refractivity contribution in [1.29, 1.82) is 0 Å². The first-order chi connectivity index (χ1) is 9.72. The molecule has 0 amide bonds. The fourth-order valence-corrected chi connectivity index (χ4v) is 2.78. The van der Waals surface area contributed by atoms with Gasteiger partial charge < -0.3 is 10.2 Å².